The minimum absolute atomic E-state index is 0.0316. The Morgan fingerprint density at radius 2 is 1.83 bits per heavy atom. The number of amides is 1. The van der Waals surface area contributed by atoms with Crippen LogP contribution >= 0.6 is 11.8 Å². The number of benzene rings is 2. The van der Waals surface area contributed by atoms with Crippen LogP contribution in [-0.4, -0.2) is 22.5 Å². The molecule has 1 N–H and O–H groups in total. The van der Waals surface area contributed by atoms with E-state index < -0.39 is 0 Å². The molecule has 5 nitrogen and oxygen atoms in total. The van der Waals surface area contributed by atoms with Gasteiger partial charge in [-0.05, 0) is 78.5 Å². The highest BCUT2D eigenvalue weighted by molar-refractivity contribution is 7.99. The van der Waals surface area contributed by atoms with Gasteiger partial charge >= 0.3 is 0 Å². The molecule has 1 heterocycles. The molecule has 150 valence electrons. The van der Waals surface area contributed by atoms with Crippen LogP contribution in [0.1, 0.15) is 36.5 Å². The SMILES string of the molecule is Cc1cc(Sc2ncccn2)ccc1NC(=O)COc1cc(C(C)C)ccc1C. The van der Waals surface area contributed by atoms with Crippen LogP contribution < -0.4 is 10.1 Å². The number of carbonyl (C=O) groups is 1. The standard InChI is InChI=1S/C23H25N3O2S/c1-15(2)18-7-6-16(3)21(13-18)28-14-22(27)26-20-9-8-19(12-17(20)4)29-23-24-10-5-11-25-23/h5-13,15H,14H2,1-4H3,(H,26,27). The van der Waals surface area contributed by atoms with Gasteiger partial charge in [0.05, 0.1) is 0 Å². The highest BCUT2D eigenvalue weighted by Gasteiger charge is 2.10. The summed E-state index contributed by atoms with van der Waals surface area (Å²) in [5.41, 5.74) is 3.95. The summed E-state index contributed by atoms with van der Waals surface area (Å²) in [6.45, 7) is 8.18. The molecular formula is C23H25N3O2S. The lowest BCUT2D eigenvalue weighted by molar-refractivity contribution is -0.118. The maximum atomic E-state index is 12.4. The van der Waals surface area contributed by atoms with E-state index in [0.29, 0.717) is 11.1 Å². The molecule has 0 saturated carbocycles. The summed E-state index contributed by atoms with van der Waals surface area (Å²) in [6.07, 6.45) is 3.44. The third kappa shape index (κ3) is 5.81. The molecule has 2 aromatic carbocycles. The van der Waals surface area contributed by atoms with Crippen molar-refractivity contribution < 1.29 is 9.53 Å². The Balaban J connectivity index is 1.60. The Bertz CT molecular complexity index is 991. The van der Waals surface area contributed by atoms with Crippen molar-refractivity contribution in [1.82, 2.24) is 9.97 Å². The first-order valence-corrected chi connectivity index (χ1v) is 10.3. The average Bonchev–Trinajstić information content (AvgIpc) is 2.70. The minimum Gasteiger partial charge on any atom is -0.483 e. The topological polar surface area (TPSA) is 64.1 Å². The molecule has 0 unspecified atom stereocenters. The molecule has 0 bridgehead atoms. The molecule has 0 aliphatic rings. The van der Waals surface area contributed by atoms with Crippen molar-refractivity contribution >= 4 is 23.4 Å². The van der Waals surface area contributed by atoms with Gasteiger partial charge in [0, 0.05) is 23.0 Å². The summed E-state index contributed by atoms with van der Waals surface area (Å²) < 4.78 is 5.77. The van der Waals surface area contributed by atoms with Crippen molar-refractivity contribution in [2.24, 2.45) is 0 Å². The fraction of sp³-hybridized carbons (Fsp3) is 0.261. The summed E-state index contributed by atoms with van der Waals surface area (Å²) >= 11 is 1.48. The van der Waals surface area contributed by atoms with E-state index in [0.717, 1.165) is 27.5 Å². The minimum atomic E-state index is -0.186. The number of aromatic nitrogens is 2. The van der Waals surface area contributed by atoms with Crippen LogP contribution in [0, 0.1) is 13.8 Å². The first kappa shape index (κ1) is 20.9. The number of ether oxygens (including phenoxy) is 1. The quantitative estimate of drug-likeness (QED) is 0.532. The van der Waals surface area contributed by atoms with Crippen LogP contribution in [0.25, 0.3) is 0 Å². The van der Waals surface area contributed by atoms with Crippen molar-refractivity contribution in [2.45, 2.75) is 43.7 Å². The van der Waals surface area contributed by atoms with Gasteiger partial charge in [0.25, 0.3) is 5.91 Å². The van der Waals surface area contributed by atoms with Crippen molar-refractivity contribution in [1.29, 1.82) is 0 Å². The lowest BCUT2D eigenvalue weighted by atomic mass is 10.0. The van der Waals surface area contributed by atoms with Crippen molar-refractivity contribution in [3.8, 4) is 5.75 Å². The van der Waals surface area contributed by atoms with Gasteiger partial charge in [0.2, 0.25) is 0 Å². The zero-order valence-corrected chi connectivity index (χ0v) is 17.9. The normalized spacial score (nSPS) is 10.8. The van der Waals surface area contributed by atoms with E-state index in [1.165, 1.54) is 17.3 Å². The number of aryl methyl sites for hydroxylation is 2. The van der Waals surface area contributed by atoms with Crippen LogP contribution in [0.2, 0.25) is 0 Å². The molecule has 3 aromatic rings. The van der Waals surface area contributed by atoms with Crippen LogP contribution in [0.15, 0.2) is 64.9 Å². The van der Waals surface area contributed by atoms with Gasteiger partial charge in [-0.25, -0.2) is 9.97 Å². The predicted molar refractivity (Wildman–Crippen MR) is 117 cm³/mol. The van der Waals surface area contributed by atoms with Crippen LogP contribution in [0.4, 0.5) is 5.69 Å². The fourth-order valence-corrected chi connectivity index (χ4v) is 3.55. The summed E-state index contributed by atoms with van der Waals surface area (Å²) in [6, 6.07) is 13.8. The number of hydrogen-bond acceptors (Lipinski definition) is 5. The van der Waals surface area contributed by atoms with E-state index in [2.05, 4.69) is 35.2 Å². The third-order valence-corrected chi connectivity index (χ3v) is 5.34. The monoisotopic (exact) mass is 407 g/mol. The van der Waals surface area contributed by atoms with E-state index >= 15 is 0 Å². The Kier molecular flexibility index (Phi) is 6.88. The number of hydrogen-bond donors (Lipinski definition) is 1. The van der Waals surface area contributed by atoms with Gasteiger partial charge in [-0.3, -0.25) is 4.79 Å². The van der Waals surface area contributed by atoms with E-state index in [9.17, 15) is 4.79 Å². The largest absolute Gasteiger partial charge is 0.483 e. The summed E-state index contributed by atoms with van der Waals surface area (Å²) in [4.78, 5) is 21.8. The number of nitrogens with one attached hydrogen (secondary N) is 1. The first-order chi connectivity index (χ1) is 13.9. The molecular weight excluding hydrogens is 382 g/mol. The van der Waals surface area contributed by atoms with Crippen molar-refractivity contribution in [3.05, 3.63) is 71.5 Å². The smallest absolute Gasteiger partial charge is 0.262 e. The van der Waals surface area contributed by atoms with Crippen LogP contribution in [-0.2, 0) is 4.79 Å². The zero-order valence-electron chi connectivity index (χ0n) is 17.1. The molecule has 0 atom stereocenters. The van der Waals surface area contributed by atoms with Crippen LogP contribution in [0.5, 0.6) is 5.75 Å². The number of nitrogens with zero attached hydrogens (tertiary/aromatic N) is 2. The Hall–Kier alpha value is -2.86. The third-order valence-electron chi connectivity index (χ3n) is 4.46. The lowest BCUT2D eigenvalue weighted by Crippen LogP contribution is -2.21. The second-order valence-electron chi connectivity index (χ2n) is 7.13. The molecule has 0 fully saturated rings. The Labute approximate surface area is 175 Å². The maximum Gasteiger partial charge on any atom is 0.262 e. The molecule has 0 aliphatic carbocycles. The highest BCUT2D eigenvalue weighted by Crippen LogP contribution is 2.28. The molecule has 6 heteroatoms. The van der Waals surface area contributed by atoms with Gasteiger partial charge in [-0.2, -0.15) is 0 Å². The highest BCUT2D eigenvalue weighted by atomic mass is 32.2. The van der Waals surface area contributed by atoms with Gasteiger partial charge in [-0.15, -0.1) is 0 Å². The Morgan fingerprint density at radius 3 is 2.52 bits per heavy atom. The van der Waals surface area contributed by atoms with E-state index in [1.54, 1.807) is 18.5 Å². The second-order valence-corrected chi connectivity index (χ2v) is 8.17. The summed E-state index contributed by atoms with van der Waals surface area (Å²) in [5, 5.41) is 3.61. The summed E-state index contributed by atoms with van der Waals surface area (Å²) in [5.74, 6) is 0.971. The first-order valence-electron chi connectivity index (χ1n) is 9.51. The molecule has 3 rings (SSSR count). The Morgan fingerprint density at radius 1 is 1.07 bits per heavy atom. The molecule has 1 amide bonds. The van der Waals surface area contributed by atoms with E-state index in [-0.39, 0.29) is 12.5 Å². The summed E-state index contributed by atoms with van der Waals surface area (Å²) in [7, 11) is 0. The second kappa shape index (κ2) is 9.56. The van der Waals surface area contributed by atoms with E-state index in [4.69, 9.17) is 4.74 Å². The average molecular weight is 408 g/mol. The lowest BCUT2D eigenvalue weighted by Gasteiger charge is -2.14. The molecule has 0 aliphatic heterocycles. The van der Waals surface area contributed by atoms with Crippen LogP contribution in [0.3, 0.4) is 0 Å². The molecule has 0 radical (unpaired) electrons. The van der Waals surface area contributed by atoms with Crippen molar-refractivity contribution in [2.75, 3.05) is 11.9 Å². The molecule has 0 saturated heterocycles. The number of carbonyl (C=O) groups excluding carboxylic acids is 1. The predicted octanol–water partition coefficient (Wildman–Crippen LogP) is 5.39. The van der Waals surface area contributed by atoms with Gasteiger partial charge < -0.3 is 10.1 Å². The number of rotatable bonds is 7. The van der Waals surface area contributed by atoms with E-state index in [1.807, 2.05) is 44.2 Å². The molecule has 29 heavy (non-hydrogen) atoms. The fourth-order valence-electron chi connectivity index (χ4n) is 2.74. The maximum absolute atomic E-state index is 12.4. The van der Waals surface area contributed by atoms with Crippen molar-refractivity contribution in [3.63, 3.8) is 0 Å². The van der Waals surface area contributed by atoms with Gasteiger partial charge in [0.15, 0.2) is 11.8 Å². The number of anilines is 1. The van der Waals surface area contributed by atoms with Gasteiger partial charge in [0.1, 0.15) is 5.75 Å². The zero-order chi connectivity index (χ0) is 20.8. The molecule has 1 aromatic heterocycles. The van der Waals surface area contributed by atoms with Gasteiger partial charge in [-0.1, -0.05) is 26.0 Å². The molecule has 0 spiro atoms.